The number of anilines is 1. The topological polar surface area (TPSA) is 138 Å². The number of likely N-dealkylation sites (tertiary alicyclic amines) is 2. The Morgan fingerprint density at radius 3 is 1.73 bits per heavy atom. The lowest BCUT2D eigenvalue weighted by Crippen LogP contribution is -2.40. The van der Waals surface area contributed by atoms with Crippen LogP contribution >= 0.6 is 80.2 Å². The van der Waals surface area contributed by atoms with Crippen LogP contribution < -0.4 is 26.3 Å². The number of nitrogens with zero attached hydrogens (tertiary/aromatic N) is 4. The van der Waals surface area contributed by atoms with Crippen LogP contribution in [-0.2, 0) is 0 Å². The van der Waals surface area contributed by atoms with E-state index in [2.05, 4.69) is 56.3 Å². The Balaban J connectivity index is 0. The van der Waals surface area contributed by atoms with Gasteiger partial charge in [0.05, 0.1) is 10.8 Å². The molecule has 0 aromatic heterocycles. The molecule has 51 heavy (non-hydrogen) atoms. The van der Waals surface area contributed by atoms with Gasteiger partial charge in [-0.25, -0.2) is 0 Å². The third-order valence-corrected chi connectivity index (χ3v) is 8.91. The van der Waals surface area contributed by atoms with Gasteiger partial charge in [-0.1, -0.05) is 51.2 Å². The lowest BCUT2D eigenvalue weighted by molar-refractivity contribution is 0.0919. The van der Waals surface area contributed by atoms with Crippen LogP contribution in [0.15, 0.2) is 58.5 Å². The predicted molar refractivity (Wildman–Crippen MR) is 245 cm³/mol. The summed E-state index contributed by atoms with van der Waals surface area (Å²) in [5.74, 6) is 3.57. The molecule has 4 atom stereocenters. The van der Waals surface area contributed by atoms with Gasteiger partial charge in [0.15, 0.2) is 15.4 Å². The van der Waals surface area contributed by atoms with Gasteiger partial charge in [-0.15, -0.1) is 12.4 Å². The maximum atomic E-state index is 6.64. The van der Waals surface area contributed by atoms with Crippen LogP contribution in [0.1, 0.15) is 53.4 Å². The van der Waals surface area contributed by atoms with E-state index in [9.17, 15) is 0 Å². The van der Waals surface area contributed by atoms with Crippen molar-refractivity contribution in [2.75, 3.05) is 56.1 Å². The highest BCUT2D eigenvalue weighted by Crippen LogP contribution is 2.22. The molecule has 2 aromatic rings. The Labute approximate surface area is 338 Å². The van der Waals surface area contributed by atoms with Gasteiger partial charge in [-0.05, 0) is 136 Å². The molecule has 2 saturated heterocycles. The third kappa shape index (κ3) is 23.0. The van der Waals surface area contributed by atoms with E-state index in [0.29, 0.717) is 16.4 Å². The molecule has 6 N–H and O–H groups in total. The van der Waals surface area contributed by atoms with Crippen molar-refractivity contribution in [3.63, 3.8) is 0 Å². The van der Waals surface area contributed by atoms with Gasteiger partial charge in [-0.2, -0.15) is 29.8 Å². The minimum atomic E-state index is 0. The van der Waals surface area contributed by atoms with Gasteiger partial charge >= 0.3 is 0 Å². The zero-order chi connectivity index (χ0) is 35.1. The van der Waals surface area contributed by atoms with Gasteiger partial charge in [0.25, 0.3) is 0 Å². The summed E-state index contributed by atoms with van der Waals surface area (Å²) in [6.07, 6.45) is 5.24. The second-order valence-corrected chi connectivity index (χ2v) is 14.0. The summed E-state index contributed by atoms with van der Waals surface area (Å²) in [5, 5.41) is 13.1. The standard InChI is InChI=1S/C17H26N4OS2.C14H18N2OS.C3H8N2S.ClH.2H3P/c1-3-21-11-5-6-15(12-21)22-14-9-7-13(8-10-14)19-17(23)20-16(18)24-4-2;1-2-16-9-3-4-14(10-16)17-13-7-5-12(6-8-13)15-11-18;1-2-6-3(4)5;;;/h7-10,15H,3-6,11-12H2,1-2H3,(H3,18,19,20,23);5-8,14H,2-4,9-10H2,1H3;2H2,1H3,(H3,4,5);1H;2*1H3. The van der Waals surface area contributed by atoms with Crippen molar-refractivity contribution in [1.29, 1.82) is 5.41 Å². The fraction of sp³-hybridized carbons (Fsp3) is 0.529. The smallest absolute Gasteiger partial charge is 0.199 e. The summed E-state index contributed by atoms with van der Waals surface area (Å²) in [4.78, 5) is 12.9. The Kier molecular flexibility index (Phi) is 31.2. The molecule has 2 heterocycles. The molecule has 2 fully saturated rings. The molecule has 0 aliphatic carbocycles. The van der Waals surface area contributed by atoms with E-state index in [0.717, 1.165) is 73.4 Å². The largest absolute Gasteiger partial charge is 0.489 e. The Morgan fingerprint density at radius 2 is 1.33 bits per heavy atom. The summed E-state index contributed by atoms with van der Waals surface area (Å²) >= 11 is 12.6. The van der Waals surface area contributed by atoms with Crippen LogP contribution in [0.5, 0.6) is 11.5 Å². The number of aliphatic imine (C=N–C) groups is 2. The number of amidine groups is 2. The maximum absolute atomic E-state index is 6.64. The zero-order valence-electron chi connectivity index (χ0n) is 30.5. The van der Waals surface area contributed by atoms with Crippen molar-refractivity contribution in [3.05, 3.63) is 48.5 Å². The number of hydrogen-bond donors (Lipinski definition) is 4. The van der Waals surface area contributed by atoms with Crippen LogP contribution in [0.4, 0.5) is 11.4 Å². The zero-order valence-corrected chi connectivity index (χ0v) is 37.4. The van der Waals surface area contributed by atoms with Crippen molar-refractivity contribution < 1.29 is 9.47 Å². The molecule has 0 bridgehead atoms. The second kappa shape index (κ2) is 30.9. The average molecular weight is 838 g/mol. The molecular weight excluding hydrogens is 778 g/mol. The Bertz CT molecular complexity index is 1330. The van der Waals surface area contributed by atoms with Crippen LogP contribution in [0.3, 0.4) is 0 Å². The van der Waals surface area contributed by atoms with Gasteiger partial charge < -0.3 is 26.3 Å². The van der Waals surface area contributed by atoms with Crippen molar-refractivity contribution in [2.24, 2.45) is 21.5 Å². The molecule has 2 aliphatic heterocycles. The molecule has 10 nitrogen and oxygen atoms in total. The number of isothiocyanates is 1. The van der Waals surface area contributed by atoms with E-state index in [-0.39, 0.29) is 43.5 Å². The number of thioether (sulfide) groups is 2. The monoisotopic (exact) mass is 836 g/mol. The van der Waals surface area contributed by atoms with Gasteiger partial charge in [0.1, 0.15) is 23.7 Å². The number of rotatable bonds is 10. The van der Waals surface area contributed by atoms with Crippen molar-refractivity contribution >= 4 is 112 Å². The normalized spacial score (nSPS) is 17.1. The van der Waals surface area contributed by atoms with Gasteiger partial charge in [-0.3, -0.25) is 15.2 Å². The molecule has 2 aliphatic rings. The van der Waals surface area contributed by atoms with Crippen molar-refractivity contribution in [2.45, 2.75) is 65.6 Å². The number of nitrogens with one attached hydrogen (secondary N) is 2. The molecular formula is C34H59ClN8O2P2S4. The van der Waals surface area contributed by atoms with Gasteiger partial charge in [0.2, 0.25) is 0 Å². The first-order valence-electron chi connectivity index (χ1n) is 16.5. The minimum absolute atomic E-state index is 0. The quantitative estimate of drug-likeness (QED) is 0.0809. The summed E-state index contributed by atoms with van der Waals surface area (Å²) in [5.41, 5.74) is 12.4. The lowest BCUT2D eigenvalue weighted by Gasteiger charge is -2.32. The van der Waals surface area contributed by atoms with Crippen LogP contribution in [-0.4, -0.2) is 93.4 Å². The number of halogens is 1. The predicted octanol–water partition coefficient (Wildman–Crippen LogP) is 7.77. The molecule has 4 unspecified atom stereocenters. The second-order valence-electron chi connectivity index (χ2n) is 10.9. The Hall–Kier alpha value is -1.56. The number of likely N-dealkylation sites (N-methyl/N-ethyl adjacent to an activating group) is 2. The highest BCUT2D eigenvalue weighted by atomic mass is 35.5. The van der Waals surface area contributed by atoms with Crippen LogP contribution in [0.25, 0.3) is 0 Å². The van der Waals surface area contributed by atoms with E-state index < -0.39 is 0 Å². The highest BCUT2D eigenvalue weighted by molar-refractivity contribution is 8.14. The van der Waals surface area contributed by atoms with Gasteiger partial charge in [0, 0.05) is 18.8 Å². The third-order valence-electron chi connectivity index (χ3n) is 7.35. The number of ether oxygens (including phenoxy) is 2. The van der Waals surface area contributed by atoms with E-state index in [4.69, 9.17) is 38.6 Å². The van der Waals surface area contributed by atoms with Crippen LogP contribution in [0, 0.1) is 5.41 Å². The number of nitrogens with two attached hydrogens (primary N) is 2. The summed E-state index contributed by atoms with van der Waals surface area (Å²) in [6.45, 7) is 15.0. The van der Waals surface area contributed by atoms with E-state index in [1.165, 1.54) is 49.5 Å². The summed E-state index contributed by atoms with van der Waals surface area (Å²) in [6, 6.07) is 15.5. The van der Waals surface area contributed by atoms with Crippen LogP contribution in [0.2, 0.25) is 0 Å². The molecule has 0 amide bonds. The summed E-state index contributed by atoms with van der Waals surface area (Å²) < 4.78 is 12.1. The summed E-state index contributed by atoms with van der Waals surface area (Å²) in [7, 11) is 0. The first-order chi connectivity index (χ1) is 23.2. The lowest BCUT2D eigenvalue weighted by atomic mass is 10.1. The number of benzene rings is 2. The molecule has 4 rings (SSSR count). The molecule has 288 valence electrons. The fourth-order valence-corrected chi connectivity index (χ4v) is 6.18. The molecule has 0 saturated carbocycles. The minimum Gasteiger partial charge on any atom is -0.489 e. The first-order valence-corrected chi connectivity index (χ1v) is 19.3. The maximum Gasteiger partial charge on any atom is 0.199 e. The molecule has 0 spiro atoms. The average Bonchev–Trinajstić information content (AvgIpc) is 3.07. The van der Waals surface area contributed by atoms with E-state index in [1.54, 1.807) is 0 Å². The SMILES string of the molecule is CCN1CCCC(Oc2ccc(N=C=S)cc2)C1.CCSC(=N)N.CCSC(N)=NC(=S)Nc1ccc(OC2CCCN(CC)C2)cc1.Cl.P.P. The fourth-order valence-electron chi connectivity index (χ4n) is 5.03. The van der Waals surface area contributed by atoms with Crippen molar-refractivity contribution in [1.82, 2.24) is 9.80 Å². The molecule has 17 heteroatoms. The number of hydrogen-bond acceptors (Lipinski definition) is 10. The highest BCUT2D eigenvalue weighted by Gasteiger charge is 2.21. The number of piperidine rings is 2. The molecule has 2 aromatic carbocycles. The molecule has 0 radical (unpaired) electrons. The van der Waals surface area contributed by atoms with Crippen molar-refractivity contribution in [3.8, 4) is 11.5 Å². The number of thiocarbonyl (C=S) groups is 2. The van der Waals surface area contributed by atoms with E-state index in [1.807, 2.05) is 62.4 Å². The van der Waals surface area contributed by atoms with E-state index >= 15 is 0 Å². The Morgan fingerprint density at radius 1 is 0.863 bits per heavy atom. The first kappa shape index (κ1) is 51.5.